The van der Waals surface area contributed by atoms with Crippen LogP contribution < -0.4 is 5.69 Å². The smallest absolute Gasteiger partial charge is 0.328 e. The average molecular weight is 284 g/mol. The van der Waals surface area contributed by atoms with Crippen LogP contribution in [-0.4, -0.2) is 49.3 Å². The number of H-pyrrole nitrogens is 1. The Morgan fingerprint density at radius 1 is 1.63 bits per heavy atom. The summed E-state index contributed by atoms with van der Waals surface area (Å²) < 4.78 is 6.54. The van der Waals surface area contributed by atoms with Gasteiger partial charge in [-0.25, -0.2) is 4.79 Å². The van der Waals surface area contributed by atoms with Gasteiger partial charge in [-0.15, -0.1) is 6.42 Å². The molecule has 1 saturated heterocycles. The van der Waals surface area contributed by atoms with Gasteiger partial charge in [0.15, 0.2) is 11.8 Å². The molecule has 2 heterocycles. The molecule has 0 bridgehead atoms. The molecule has 8 heteroatoms. The molecule has 0 aromatic carbocycles. The monoisotopic (exact) mass is 284 g/mol. The predicted octanol–water partition coefficient (Wildman–Crippen LogP) is -1.48. The fourth-order valence-electron chi connectivity index (χ4n) is 1.93. The zero-order valence-corrected chi connectivity index (χ0v) is 10.5. The molecular weight excluding hydrogens is 272 g/mol. The van der Waals surface area contributed by atoms with Gasteiger partial charge in [-0.05, 0) is 6.07 Å². The normalized spacial score (nSPS) is 34.1. The Labute approximate surface area is 113 Å². The maximum absolute atomic E-state index is 11.7. The number of rotatable bonds is 2. The molecule has 0 amide bonds. The van der Waals surface area contributed by atoms with Crippen LogP contribution in [0.4, 0.5) is 0 Å². The van der Waals surface area contributed by atoms with Gasteiger partial charge in [0.25, 0.3) is 0 Å². The summed E-state index contributed by atoms with van der Waals surface area (Å²) in [6.45, 7) is -0.685. The minimum absolute atomic E-state index is 0.222. The third-order valence-corrected chi connectivity index (χ3v) is 3.27. The lowest BCUT2D eigenvalue weighted by atomic mass is 9.97. The molecule has 0 spiro atoms. The number of nitrogens with zero attached hydrogens (tertiary/aromatic N) is 1. The van der Waals surface area contributed by atoms with Gasteiger partial charge in [-0.1, -0.05) is 18.1 Å². The maximum Gasteiger partial charge on any atom is 0.328 e. The van der Waals surface area contributed by atoms with E-state index in [9.17, 15) is 20.1 Å². The van der Waals surface area contributed by atoms with E-state index in [0.29, 0.717) is 0 Å². The minimum atomic E-state index is -1.74. The zero-order valence-electron chi connectivity index (χ0n) is 9.68. The van der Waals surface area contributed by atoms with E-state index in [1.807, 2.05) is 0 Å². The molecule has 4 unspecified atom stereocenters. The number of aliphatic hydroxyl groups is 3. The summed E-state index contributed by atoms with van der Waals surface area (Å²) in [4.78, 5) is 14.1. The number of ether oxygens (including phenoxy) is 1. The molecule has 1 aromatic heterocycles. The molecule has 2 rings (SSSR count). The number of terminal acetylenes is 1. The first kappa shape index (κ1) is 13.9. The molecule has 102 valence electrons. The Hall–Kier alpha value is -1.50. The molecule has 1 aliphatic rings. The van der Waals surface area contributed by atoms with Gasteiger partial charge in [-0.2, -0.15) is 0 Å². The largest absolute Gasteiger partial charge is 0.392 e. The van der Waals surface area contributed by atoms with Crippen molar-refractivity contribution in [2.75, 3.05) is 6.61 Å². The Morgan fingerprint density at radius 3 is 2.79 bits per heavy atom. The predicted molar refractivity (Wildman–Crippen MR) is 66.7 cm³/mol. The topological polar surface area (TPSA) is 108 Å². The van der Waals surface area contributed by atoms with Crippen molar-refractivity contribution in [3.8, 4) is 12.3 Å². The summed E-state index contributed by atoms with van der Waals surface area (Å²) in [5, 5.41) is 29.0. The van der Waals surface area contributed by atoms with Gasteiger partial charge in [0.1, 0.15) is 16.8 Å². The fraction of sp³-hybridized carbons (Fsp3) is 0.455. The molecule has 7 nitrogen and oxygen atoms in total. The van der Waals surface area contributed by atoms with Crippen molar-refractivity contribution in [2.24, 2.45) is 0 Å². The molecule has 0 saturated carbocycles. The second kappa shape index (κ2) is 4.88. The summed E-state index contributed by atoms with van der Waals surface area (Å²) in [5.41, 5.74) is -2.36. The fourth-order valence-corrected chi connectivity index (χ4v) is 2.08. The van der Waals surface area contributed by atoms with Crippen LogP contribution in [0.5, 0.6) is 0 Å². The molecule has 1 aliphatic heterocycles. The summed E-state index contributed by atoms with van der Waals surface area (Å²) in [6, 6.07) is 1.42. The highest BCUT2D eigenvalue weighted by Gasteiger charge is 2.54. The summed E-state index contributed by atoms with van der Waals surface area (Å²) in [7, 11) is 0. The van der Waals surface area contributed by atoms with Crippen molar-refractivity contribution in [1.29, 1.82) is 0 Å². The van der Waals surface area contributed by atoms with E-state index in [1.54, 1.807) is 0 Å². The highest BCUT2D eigenvalue weighted by molar-refractivity contribution is 7.71. The lowest BCUT2D eigenvalue weighted by Crippen LogP contribution is -2.45. The van der Waals surface area contributed by atoms with Gasteiger partial charge in [0, 0.05) is 6.20 Å². The summed E-state index contributed by atoms with van der Waals surface area (Å²) in [5.74, 6) is 2.11. The Kier molecular flexibility index (Phi) is 3.58. The average Bonchev–Trinajstić information content (AvgIpc) is 2.64. The Balaban J connectivity index is 2.46. The van der Waals surface area contributed by atoms with Gasteiger partial charge in [-0.3, -0.25) is 9.55 Å². The zero-order chi connectivity index (χ0) is 14.2. The molecule has 0 radical (unpaired) electrons. The number of aromatic nitrogens is 2. The molecule has 4 N–H and O–H groups in total. The van der Waals surface area contributed by atoms with E-state index in [-0.39, 0.29) is 4.64 Å². The number of aliphatic hydroxyl groups excluding tert-OH is 3. The quantitative estimate of drug-likeness (QED) is 0.390. The van der Waals surface area contributed by atoms with Crippen molar-refractivity contribution in [2.45, 2.75) is 24.0 Å². The van der Waals surface area contributed by atoms with E-state index in [4.69, 9.17) is 23.4 Å². The van der Waals surface area contributed by atoms with Crippen molar-refractivity contribution < 1.29 is 20.1 Å². The molecular formula is C11H12N2O5S. The summed E-state index contributed by atoms with van der Waals surface area (Å²) in [6.07, 6.45) is 2.35. The van der Waals surface area contributed by atoms with Gasteiger partial charge in [0.05, 0.1) is 6.61 Å². The van der Waals surface area contributed by atoms with Gasteiger partial charge in [0.2, 0.25) is 0 Å². The molecule has 19 heavy (non-hydrogen) atoms. The first-order chi connectivity index (χ1) is 8.95. The van der Waals surface area contributed by atoms with E-state index >= 15 is 0 Å². The number of hydrogen-bond acceptors (Lipinski definition) is 6. The van der Waals surface area contributed by atoms with Crippen molar-refractivity contribution >= 4 is 12.2 Å². The van der Waals surface area contributed by atoms with E-state index < -0.39 is 36.3 Å². The Bertz CT molecular complexity index is 633. The van der Waals surface area contributed by atoms with E-state index in [0.717, 1.165) is 4.57 Å². The first-order valence-electron chi connectivity index (χ1n) is 5.39. The third-order valence-electron chi connectivity index (χ3n) is 3.03. The highest BCUT2D eigenvalue weighted by Crippen LogP contribution is 2.35. The molecule has 1 fully saturated rings. The van der Waals surface area contributed by atoms with Crippen LogP contribution in [-0.2, 0) is 4.74 Å². The third kappa shape index (κ3) is 2.11. The van der Waals surface area contributed by atoms with Crippen LogP contribution in [0.2, 0.25) is 0 Å². The lowest BCUT2D eigenvalue weighted by molar-refractivity contribution is -0.0936. The van der Waals surface area contributed by atoms with Crippen LogP contribution in [0.15, 0.2) is 17.1 Å². The number of aromatic amines is 1. The maximum atomic E-state index is 11.7. The standard InChI is InChI=1S/C11H12N2O5S/c1-2-11(5-14)8(16)7(15)9(18-11)13-4-3-6(19)12-10(13)17/h1,3-4,7-9,14-16H,5H2,(H,12,17,19). The van der Waals surface area contributed by atoms with Gasteiger partial charge >= 0.3 is 5.69 Å². The molecule has 1 aromatic rings. The first-order valence-corrected chi connectivity index (χ1v) is 5.80. The van der Waals surface area contributed by atoms with E-state index in [1.165, 1.54) is 12.3 Å². The molecule has 0 aliphatic carbocycles. The van der Waals surface area contributed by atoms with Crippen LogP contribution >= 0.6 is 12.2 Å². The number of hydrogen-bond donors (Lipinski definition) is 4. The van der Waals surface area contributed by atoms with Crippen LogP contribution in [0.3, 0.4) is 0 Å². The Morgan fingerprint density at radius 2 is 2.32 bits per heavy atom. The second-order valence-corrected chi connectivity index (χ2v) is 4.59. The van der Waals surface area contributed by atoms with Gasteiger partial charge < -0.3 is 20.1 Å². The van der Waals surface area contributed by atoms with Crippen LogP contribution in [0.25, 0.3) is 0 Å². The summed E-state index contributed by atoms with van der Waals surface area (Å²) >= 11 is 4.78. The number of nitrogens with one attached hydrogen (secondary N) is 1. The second-order valence-electron chi connectivity index (χ2n) is 4.15. The highest BCUT2D eigenvalue weighted by atomic mass is 32.1. The minimum Gasteiger partial charge on any atom is -0.392 e. The lowest BCUT2D eigenvalue weighted by Gasteiger charge is -2.23. The van der Waals surface area contributed by atoms with Crippen LogP contribution in [0.1, 0.15) is 6.23 Å². The molecule has 4 atom stereocenters. The van der Waals surface area contributed by atoms with Crippen molar-refractivity contribution in [3.63, 3.8) is 0 Å². The van der Waals surface area contributed by atoms with Crippen molar-refractivity contribution in [3.05, 3.63) is 27.4 Å². The van der Waals surface area contributed by atoms with Crippen LogP contribution in [0, 0.1) is 17.0 Å². The van der Waals surface area contributed by atoms with Crippen molar-refractivity contribution in [1.82, 2.24) is 9.55 Å². The van der Waals surface area contributed by atoms with E-state index in [2.05, 4.69) is 10.9 Å². The SMILES string of the molecule is C#CC1(CO)OC(n2ccc(=S)[nH]c2=O)C(O)C1O.